The molecule has 0 radical (unpaired) electrons. The first-order chi connectivity index (χ1) is 15.7. The van der Waals surface area contributed by atoms with Gasteiger partial charge in [-0.3, -0.25) is 4.98 Å². The van der Waals surface area contributed by atoms with Gasteiger partial charge in [0.15, 0.2) is 0 Å². The van der Waals surface area contributed by atoms with Gasteiger partial charge >= 0.3 is 0 Å². The van der Waals surface area contributed by atoms with Crippen LogP contribution in [0.1, 0.15) is 11.1 Å². The molecule has 4 heteroatoms. The first kappa shape index (κ1) is 19.3. The largest absolute Gasteiger partial charge is 0.405 e. The summed E-state index contributed by atoms with van der Waals surface area (Å²) in [5.74, 6) is 0. The van der Waals surface area contributed by atoms with Crippen LogP contribution in [0.3, 0.4) is 0 Å². The van der Waals surface area contributed by atoms with Crippen LogP contribution in [-0.2, 0) is 6.42 Å². The van der Waals surface area contributed by atoms with Gasteiger partial charge in [-0.05, 0) is 80.8 Å². The molecule has 0 spiro atoms. The second-order valence-electron chi connectivity index (χ2n) is 7.72. The lowest BCUT2D eigenvalue weighted by atomic mass is 9.90. The molecule has 0 amide bonds. The third-order valence-electron chi connectivity index (χ3n) is 5.74. The Hall–Kier alpha value is -4.67. The van der Waals surface area contributed by atoms with Crippen LogP contribution in [0.25, 0.3) is 43.6 Å². The van der Waals surface area contributed by atoms with E-state index in [4.69, 9.17) is 5.73 Å². The Bertz CT molecular complexity index is 1560. The summed E-state index contributed by atoms with van der Waals surface area (Å²) in [5, 5.41) is 25.5. The molecule has 1 aromatic heterocycles. The summed E-state index contributed by atoms with van der Waals surface area (Å²) in [6.45, 7) is 0. The second kappa shape index (κ2) is 7.87. The van der Waals surface area contributed by atoms with Gasteiger partial charge in [0.1, 0.15) is 0 Å². The SMILES string of the molecule is N#CC(/C=C\N)=C/Cc1cc2ccc3cc(-c4cc(C#N)ccn4)cc4ccc(c1)c2c34. The van der Waals surface area contributed by atoms with E-state index in [0.29, 0.717) is 17.6 Å². The van der Waals surface area contributed by atoms with Gasteiger partial charge in [-0.25, -0.2) is 0 Å². The summed E-state index contributed by atoms with van der Waals surface area (Å²) in [4.78, 5) is 4.47. The van der Waals surface area contributed by atoms with Gasteiger partial charge < -0.3 is 5.73 Å². The average Bonchev–Trinajstić information content (AvgIpc) is 2.84. The van der Waals surface area contributed by atoms with Gasteiger partial charge in [-0.2, -0.15) is 10.5 Å². The first-order valence-electron chi connectivity index (χ1n) is 10.3. The first-order valence-corrected chi connectivity index (χ1v) is 10.3. The van der Waals surface area contributed by atoms with Crippen LogP contribution in [0.15, 0.2) is 90.8 Å². The summed E-state index contributed by atoms with van der Waals surface area (Å²) in [5.41, 5.74) is 9.51. The predicted molar refractivity (Wildman–Crippen MR) is 129 cm³/mol. The number of allylic oxidation sites excluding steroid dienone is 3. The fraction of sp³-hybridized carbons (Fsp3) is 0.0357. The highest BCUT2D eigenvalue weighted by molar-refractivity contribution is 6.23. The Kier molecular flexibility index (Phi) is 4.75. The minimum absolute atomic E-state index is 0.555. The number of pyridine rings is 1. The summed E-state index contributed by atoms with van der Waals surface area (Å²) in [7, 11) is 0. The number of aromatic nitrogens is 1. The summed E-state index contributed by atoms with van der Waals surface area (Å²) < 4.78 is 0. The third kappa shape index (κ3) is 3.31. The lowest BCUT2D eigenvalue weighted by molar-refractivity contribution is 1.27. The van der Waals surface area contributed by atoms with Crippen LogP contribution in [-0.4, -0.2) is 4.98 Å². The fourth-order valence-corrected chi connectivity index (χ4v) is 4.31. The summed E-state index contributed by atoms with van der Waals surface area (Å²) >= 11 is 0. The average molecular weight is 410 g/mol. The zero-order valence-corrected chi connectivity index (χ0v) is 17.2. The summed E-state index contributed by atoms with van der Waals surface area (Å²) in [6.07, 6.45) is 7.23. The Labute approximate surface area is 185 Å². The quantitative estimate of drug-likeness (QED) is 0.224. The maximum absolute atomic E-state index is 9.22. The van der Waals surface area contributed by atoms with Crippen molar-refractivity contribution < 1.29 is 0 Å². The van der Waals surface area contributed by atoms with Gasteiger partial charge in [0.05, 0.1) is 23.4 Å². The van der Waals surface area contributed by atoms with Crippen molar-refractivity contribution in [2.75, 3.05) is 0 Å². The molecule has 0 aliphatic carbocycles. The van der Waals surface area contributed by atoms with Crippen molar-refractivity contribution in [2.24, 2.45) is 5.73 Å². The molecule has 0 unspecified atom stereocenters. The van der Waals surface area contributed by atoms with E-state index in [2.05, 4.69) is 65.7 Å². The number of nitriles is 2. The monoisotopic (exact) mass is 410 g/mol. The van der Waals surface area contributed by atoms with Gasteiger partial charge in [0.25, 0.3) is 0 Å². The van der Waals surface area contributed by atoms with Crippen molar-refractivity contribution in [3.05, 3.63) is 102 Å². The van der Waals surface area contributed by atoms with Crippen molar-refractivity contribution in [1.82, 2.24) is 4.98 Å². The van der Waals surface area contributed by atoms with E-state index in [1.807, 2.05) is 12.1 Å². The minimum atomic E-state index is 0.555. The summed E-state index contributed by atoms with van der Waals surface area (Å²) in [6, 6.07) is 25.1. The number of nitrogens with zero attached hydrogens (tertiary/aromatic N) is 3. The maximum atomic E-state index is 9.22. The molecular weight excluding hydrogens is 392 g/mol. The number of nitrogens with two attached hydrogens (primary N) is 1. The molecule has 0 saturated carbocycles. The topological polar surface area (TPSA) is 86.5 Å². The molecule has 1 heterocycles. The van der Waals surface area contributed by atoms with E-state index in [0.717, 1.165) is 27.6 Å². The van der Waals surface area contributed by atoms with Crippen LogP contribution in [0.5, 0.6) is 0 Å². The molecule has 0 fully saturated rings. The smallest absolute Gasteiger partial charge is 0.0992 e. The predicted octanol–water partition coefficient (Wildman–Crippen LogP) is 5.98. The fourth-order valence-electron chi connectivity index (χ4n) is 4.31. The van der Waals surface area contributed by atoms with Crippen molar-refractivity contribution >= 4 is 32.3 Å². The van der Waals surface area contributed by atoms with E-state index in [1.165, 1.54) is 27.7 Å². The van der Waals surface area contributed by atoms with E-state index < -0.39 is 0 Å². The Morgan fingerprint density at radius 3 is 2.06 bits per heavy atom. The van der Waals surface area contributed by atoms with Crippen LogP contribution < -0.4 is 5.73 Å². The Morgan fingerprint density at radius 1 is 0.875 bits per heavy atom. The molecule has 150 valence electrons. The van der Waals surface area contributed by atoms with Crippen molar-refractivity contribution in [2.45, 2.75) is 6.42 Å². The zero-order chi connectivity index (χ0) is 22.1. The number of rotatable bonds is 4. The minimum Gasteiger partial charge on any atom is -0.405 e. The molecule has 5 rings (SSSR count). The standard InChI is InChI=1S/C28H18N4/c29-9-7-18(16-30)1-2-19-11-21-3-5-23-14-25(26-13-20(17-31)8-10-32-26)15-24-6-4-22(12-19)27(21)28(23)24/h1,3-15H,2,29H2/b9-7-,18-1+. The lowest BCUT2D eigenvalue weighted by Crippen LogP contribution is -1.90. The molecule has 5 aromatic rings. The molecule has 0 aliphatic rings. The van der Waals surface area contributed by atoms with Gasteiger partial charge in [0.2, 0.25) is 0 Å². The van der Waals surface area contributed by atoms with E-state index >= 15 is 0 Å². The van der Waals surface area contributed by atoms with Gasteiger partial charge in [0, 0.05) is 17.3 Å². The van der Waals surface area contributed by atoms with Gasteiger partial charge in [-0.1, -0.05) is 42.5 Å². The molecular formula is C28H18N4. The normalized spacial score (nSPS) is 12.0. The van der Waals surface area contributed by atoms with Crippen LogP contribution in [0.4, 0.5) is 0 Å². The van der Waals surface area contributed by atoms with Crippen LogP contribution in [0, 0.1) is 22.7 Å². The Morgan fingerprint density at radius 2 is 1.50 bits per heavy atom. The molecule has 32 heavy (non-hydrogen) atoms. The number of hydrogen-bond donors (Lipinski definition) is 1. The Balaban J connectivity index is 1.65. The van der Waals surface area contributed by atoms with E-state index in [1.54, 1.807) is 18.3 Å². The van der Waals surface area contributed by atoms with Crippen molar-refractivity contribution in [3.63, 3.8) is 0 Å². The molecule has 0 saturated heterocycles. The zero-order valence-electron chi connectivity index (χ0n) is 17.2. The van der Waals surface area contributed by atoms with Gasteiger partial charge in [-0.15, -0.1) is 0 Å². The number of benzene rings is 4. The second-order valence-corrected chi connectivity index (χ2v) is 7.72. The van der Waals surface area contributed by atoms with E-state index in [9.17, 15) is 10.5 Å². The molecule has 2 N–H and O–H groups in total. The molecule has 4 aromatic carbocycles. The molecule has 0 bridgehead atoms. The molecule has 0 atom stereocenters. The van der Waals surface area contributed by atoms with Crippen molar-refractivity contribution in [1.29, 1.82) is 10.5 Å². The van der Waals surface area contributed by atoms with Crippen LogP contribution >= 0.6 is 0 Å². The third-order valence-corrected chi connectivity index (χ3v) is 5.74. The molecule has 4 nitrogen and oxygen atoms in total. The highest BCUT2D eigenvalue weighted by atomic mass is 14.7. The number of hydrogen-bond acceptors (Lipinski definition) is 4. The van der Waals surface area contributed by atoms with Crippen molar-refractivity contribution in [3.8, 4) is 23.4 Å². The molecule has 0 aliphatic heterocycles. The highest BCUT2D eigenvalue weighted by Crippen LogP contribution is 2.37. The van der Waals surface area contributed by atoms with Crippen LogP contribution in [0.2, 0.25) is 0 Å². The highest BCUT2D eigenvalue weighted by Gasteiger charge is 2.12. The van der Waals surface area contributed by atoms with E-state index in [-0.39, 0.29) is 0 Å². The lowest BCUT2D eigenvalue weighted by Gasteiger charge is -2.14. The maximum Gasteiger partial charge on any atom is 0.0992 e.